The summed E-state index contributed by atoms with van der Waals surface area (Å²) in [5.74, 6) is -1.25. The molecule has 436 valence electrons. The first-order valence-electron chi connectivity index (χ1n) is 30.6. The summed E-state index contributed by atoms with van der Waals surface area (Å²) in [5.41, 5.74) is 0. The van der Waals surface area contributed by atoms with Crippen LogP contribution in [-0.2, 0) is 23.8 Å². The highest BCUT2D eigenvalue weighted by Gasteiger charge is 2.47. The molecule has 76 heavy (non-hydrogen) atoms. The molecular formula is C65H111NO10. The summed E-state index contributed by atoms with van der Waals surface area (Å²) in [5, 5.41) is 56.9. The van der Waals surface area contributed by atoms with Gasteiger partial charge in [0.1, 0.15) is 24.4 Å². The lowest BCUT2D eigenvalue weighted by Crippen LogP contribution is -2.61. The van der Waals surface area contributed by atoms with E-state index in [-0.39, 0.29) is 19.4 Å². The fraction of sp³-hybridized carbons (Fsp3) is 0.723. The molecule has 0 aromatic heterocycles. The van der Waals surface area contributed by atoms with Gasteiger partial charge in [0.25, 0.3) is 0 Å². The molecule has 1 aliphatic rings. The molecule has 1 fully saturated rings. The number of aliphatic hydroxyl groups excluding tert-OH is 5. The number of rotatable bonds is 50. The van der Waals surface area contributed by atoms with E-state index in [1.54, 1.807) is 6.08 Å². The molecule has 11 heteroatoms. The third kappa shape index (κ3) is 39.9. The van der Waals surface area contributed by atoms with Crippen LogP contribution in [-0.4, -0.2) is 99.6 Å². The van der Waals surface area contributed by atoms with Gasteiger partial charge in [0.05, 0.1) is 25.4 Å². The molecule has 11 nitrogen and oxygen atoms in total. The largest absolute Gasteiger partial charge is 0.454 e. The lowest BCUT2D eigenvalue weighted by Gasteiger charge is -2.41. The van der Waals surface area contributed by atoms with E-state index in [2.05, 4.69) is 62.5 Å². The monoisotopic (exact) mass is 1070 g/mol. The van der Waals surface area contributed by atoms with Crippen molar-refractivity contribution in [3.63, 3.8) is 0 Å². The first-order valence-corrected chi connectivity index (χ1v) is 30.6. The zero-order chi connectivity index (χ0) is 55.4. The second kappa shape index (κ2) is 52.3. The van der Waals surface area contributed by atoms with Crippen LogP contribution in [0.3, 0.4) is 0 Å². The average molecular weight is 1070 g/mol. The van der Waals surface area contributed by atoms with E-state index in [9.17, 15) is 35.1 Å². The second-order valence-corrected chi connectivity index (χ2v) is 20.8. The van der Waals surface area contributed by atoms with Crippen LogP contribution in [0.4, 0.5) is 0 Å². The highest BCUT2D eigenvalue weighted by Crippen LogP contribution is 2.26. The van der Waals surface area contributed by atoms with Gasteiger partial charge >= 0.3 is 5.97 Å². The molecule has 0 spiro atoms. The van der Waals surface area contributed by atoms with Crippen molar-refractivity contribution >= 4 is 11.9 Å². The fourth-order valence-electron chi connectivity index (χ4n) is 9.00. The highest BCUT2D eigenvalue weighted by atomic mass is 16.7. The quantitative estimate of drug-likeness (QED) is 0.0149. The zero-order valence-corrected chi connectivity index (χ0v) is 48.1. The van der Waals surface area contributed by atoms with Crippen molar-refractivity contribution in [2.75, 3.05) is 13.2 Å². The van der Waals surface area contributed by atoms with E-state index in [1.807, 2.05) is 54.7 Å². The van der Waals surface area contributed by atoms with Gasteiger partial charge in [-0.25, -0.2) is 0 Å². The van der Waals surface area contributed by atoms with Crippen molar-refractivity contribution in [1.82, 2.24) is 5.32 Å². The van der Waals surface area contributed by atoms with Gasteiger partial charge in [-0.1, -0.05) is 253 Å². The number of amides is 1. The summed E-state index contributed by atoms with van der Waals surface area (Å²) < 4.78 is 17.6. The van der Waals surface area contributed by atoms with E-state index >= 15 is 0 Å². The van der Waals surface area contributed by atoms with Crippen molar-refractivity contribution in [3.05, 3.63) is 97.2 Å². The first kappa shape index (κ1) is 70.6. The number of aliphatic hydroxyl groups is 5. The van der Waals surface area contributed by atoms with Gasteiger partial charge in [0.15, 0.2) is 12.4 Å². The molecule has 0 aromatic carbocycles. The van der Waals surface area contributed by atoms with Gasteiger partial charge < -0.3 is 45.1 Å². The molecule has 1 amide bonds. The number of esters is 1. The van der Waals surface area contributed by atoms with Crippen molar-refractivity contribution in [2.24, 2.45) is 0 Å². The molecule has 0 bridgehead atoms. The molecule has 1 rings (SSSR count). The molecule has 0 aromatic rings. The van der Waals surface area contributed by atoms with Gasteiger partial charge in [-0.05, 0) is 77.0 Å². The van der Waals surface area contributed by atoms with Crippen LogP contribution < -0.4 is 5.32 Å². The Morgan fingerprint density at radius 3 is 1.55 bits per heavy atom. The molecule has 1 saturated heterocycles. The topological polar surface area (TPSA) is 175 Å². The summed E-state index contributed by atoms with van der Waals surface area (Å²) in [4.78, 5) is 26.5. The second-order valence-electron chi connectivity index (χ2n) is 20.8. The lowest BCUT2D eigenvalue weighted by molar-refractivity contribution is -0.305. The van der Waals surface area contributed by atoms with Crippen LogP contribution in [0.2, 0.25) is 0 Å². The molecule has 1 heterocycles. The van der Waals surface area contributed by atoms with Crippen LogP contribution in [0.25, 0.3) is 0 Å². The maximum atomic E-state index is 13.4. The summed E-state index contributed by atoms with van der Waals surface area (Å²) in [6.07, 6.45) is 58.7. The SMILES string of the molecule is CC/C=C/C=C/C=C\C=C/C=C/CCCCCC(=O)OC1C(OCC(NC(=O)C(O)CCCCCCCCCCCC/C=C\C/C=C\CCCCC)C(O)/C=C/CCCCCCCCCCCC)OC(CO)C(O)C1O. The Bertz CT molecular complexity index is 1600. The summed E-state index contributed by atoms with van der Waals surface area (Å²) in [6.45, 7) is 5.59. The number of hydrogen-bond acceptors (Lipinski definition) is 10. The van der Waals surface area contributed by atoms with Gasteiger partial charge in [-0.3, -0.25) is 9.59 Å². The van der Waals surface area contributed by atoms with E-state index in [0.717, 1.165) is 77.0 Å². The minimum atomic E-state index is -1.64. The smallest absolute Gasteiger partial charge is 0.306 e. The van der Waals surface area contributed by atoms with Gasteiger partial charge in [-0.15, -0.1) is 0 Å². The Hall–Kier alpha value is -3.42. The van der Waals surface area contributed by atoms with Crippen molar-refractivity contribution in [3.8, 4) is 0 Å². The number of carbonyl (C=O) groups excluding carboxylic acids is 2. The Morgan fingerprint density at radius 2 is 1.00 bits per heavy atom. The van der Waals surface area contributed by atoms with Crippen LogP contribution in [0.5, 0.6) is 0 Å². The molecule has 8 unspecified atom stereocenters. The maximum Gasteiger partial charge on any atom is 0.306 e. The maximum absolute atomic E-state index is 13.4. The van der Waals surface area contributed by atoms with E-state index in [0.29, 0.717) is 12.8 Å². The van der Waals surface area contributed by atoms with E-state index in [1.165, 1.54) is 116 Å². The molecular weight excluding hydrogens is 955 g/mol. The summed E-state index contributed by atoms with van der Waals surface area (Å²) in [6, 6.07) is -1.04. The number of ether oxygens (including phenoxy) is 3. The highest BCUT2D eigenvalue weighted by molar-refractivity contribution is 5.80. The predicted octanol–water partition coefficient (Wildman–Crippen LogP) is 14.3. The molecule has 6 N–H and O–H groups in total. The number of carbonyl (C=O) groups is 2. The third-order valence-corrected chi connectivity index (χ3v) is 13.8. The summed E-state index contributed by atoms with van der Waals surface area (Å²) >= 11 is 0. The average Bonchev–Trinajstić information content (AvgIpc) is 3.42. The molecule has 0 saturated carbocycles. The minimum Gasteiger partial charge on any atom is -0.454 e. The van der Waals surface area contributed by atoms with Crippen molar-refractivity contribution in [2.45, 2.75) is 288 Å². The predicted molar refractivity (Wildman–Crippen MR) is 315 cm³/mol. The lowest BCUT2D eigenvalue weighted by atomic mass is 9.99. The Kier molecular flexibility index (Phi) is 48.6. The summed E-state index contributed by atoms with van der Waals surface area (Å²) in [7, 11) is 0. The van der Waals surface area contributed by atoms with Crippen molar-refractivity contribution < 1.29 is 49.3 Å². The van der Waals surface area contributed by atoms with E-state index in [4.69, 9.17) is 14.2 Å². The third-order valence-electron chi connectivity index (χ3n) is 13.8. The molecule has 0 radical (unpaired) electrons. The number of hydrogen-bond donors (Lipinski definition) is 6. The van der Waals surface area contributed by atoms with Crippen LogP contribution in [0.15, 0.2) is 97.2 Å². The number of unbranched alkanes of at least 4 members (excludes halogenated alkanes) is 26. The Labute approximate surface area is 463 Å². The number of allylic oxidation sites excluding steroid dienone is 15. The molecule has 0 aliphatic carbocycles. The Morgan fingerprint density at radius 1 is 0.539 bits per heavy atom. The van der Waals surface area contributed by atoms with Crippen LogP contribution in [0, 0.1) is 0 Å². The normalized spacial score (nSPS) is 19.8. The fourth-order valence-corrected chi connectivity index (χ4v) is 9.00. The first-order chi connectivity index (χ1) is 37.2. The van der Waals surface area contributed by atoms with Crippen LogP contribution >= 0.6 is 0 Å². The van der Waals surface area contributed by atoms with Gasteiger partial charge in [-0.2, -0.15) is 0 Å². The van der Waals surface area contributed by atoms with Crippen LogP contribution in [0.1, 0.15) is 239 Å². The zero-order valence-electron chi connectivity index (χ0n) is 48.1. The van der Waals surface area contributed by atoms with Gasteiger partial charge in [0.2, 0.25) is 5.91 Å². The molecule has 1 aliphatic heterocycles. The Balaban J connectivity index is 2.71. The molecule has 8 atom stereocenters. The standard InChI is InChI=1S/C65H111NO10/c1-4-7-10-13-16-19-22-25-27-28-29-30-31-33-34-37-40-43-46-49-52-58(69)64(73)66-56(57(68)51-48-45-42-39-36-24-21-18-15-12-9-6-3)55-74-65-63(62(72)61(71)59(54-67)75-65)76-60(70)53-50-47-44-41-38-35-32-26-23-20-17-14-11-8-5-2/h8,11,14,16-17,19-20,23,25-27,32,35,38,48,51,56-59,61-63,65,67-69,71-72H,4-7,9-10,12-13,15,18,21-22,24,28-31,33-34,36-37,39-47,49-50,52-55H2,1-3H3,(H,66,73)/b11-8+,17-14+,19-16-,23-20-,27-25-,32-26-,38-35+,51-48+. The van der Waals surface area contributed by atoms with Crippen molar-refractivity contribution in [1.29, 1.82) is 0 Å². The number of nitrogens with one attached hydrogen (secondary N) is 1. The minimum absolute atomic E-state index is 0.0699. The van der Waals surface area contributed by atoms with E-state index < -0.39 is 67.4 Å². The van der Waals surface area contributed by atoms with Gasteiger partial charge in [0, 0.05) is 6.42 Å².